The predicted molar refractivity (Wildman–Crippen MR) is 128 cm³/mol. The number of sulfonamides is 1. The molecule has 0 spiro atoms. The van der Waals surface area contributed by atoms with Crippen LogP contribution in [0.3, 0.4) is 0 Å². The van der Waals surface area contributed by atoms with Gasteiger partial charge in [0.2, 0.25) is 5.95 Å². The quantitative estimate of drug-likeness (QED) is 0.489. The molecule has 0 atom stereocenters. The number of nitrogens with one attached hydrogen (secondary N) is 2. The minimum absolute atomic E-state index is 0.193. The molecule has 4 rings (SSSR count). The first-order chi connectivity index (χ1) is 14.9. The van der Waals surface area contributed by atoms with Gasteiger partial charge in [-0.2, -0.15) is 4.98 Å². The summed E-state index contributed by atoms with van der Waals surface area (Å²) in [7, 11) is -3.68. The van der Waals surface area contributed by atoms with Gasteiger partial charge in [-0.3, -0.25) is 4.72 Å². The van der Waals surface area contributed by atoms with Gasteiger partial charge in [0.15, 0.2) is 0 Å². The highest BCUT2D eigenvalue weighted by molar-refractivity contribution is 9.10. The third-order valence-corrected chi connectivity index (χ3v) is 7.41. The third kappa shape index (κ3) is 5.34. The van der Waals surface area contributed by atoms with Crippen LogP contribution < -0.4 is 14.9 Å². The Morgan fingerprint density at radius 3 is 2.32 bits per heavy atom. The molecule has 1 saturated heterocycles. The second kappa shape index (κ2) is 9.23. The number of rotatable bonds is 6. The number of halogens is 1. The maximum absolute atomic E-state index is 12.6. The molecule has 0 saturated carbocycles. The fraction of sp³-hybridized carbons (Fsp3) is 0.273. The molecule has 0 radical (unpaired) electrons. The van der Waals surface area contributed by atoms with E-state index in [1.165, 1.54) is 6.42 Å². The van der Waals surface area contributed by atoms with Crippen molar-refractivity contribution in [1.82, 2.24) is 9.97 Å². The maximum Gasteiger partial charge on any atom is 0.263 e. The molecule has 0 unspecified atom stereocenters. The molecule has 0 bridgehead atoms. The van der Waals surface area contributed by atoms with Crippen molar-refractivity contribution in [2.45, 2.75) is 31.1 Å². The van der Waals surface area contributed by atoms with Crippen LogP contribution in [-0.4, -0.2) is 31.5 Å². The van der Waals surface area contributed by atoms with Crippen molar-refractivity contribution in [2.75, 3.05) is 28.0 Å². The lowest BCUT2D eigenvalue weighted by molar-refractivity contribution is 0.568. The first-order valence-corrected chi connectivity index (χ1v) is 12.4. The number of piperidine rings is 1. The largest absolute Gasteiger partial charge is 0.341 e. The zero-order valence-corrected chi connectivity index (χ0v) is 19.6. The van der Waals surface area contributed by atoms with Gasteiger partial charge in [-0.05, 0) is 78.5 Å². The van der Waals surface area contributed by atoms with Gasteiger partial charge in [0, 0.05) is 40.7 Å². The van der Waals surface area contributed by atoms with E-state index in [1.807, 2.05) is 25.1 Å². The van der Waals surface area contributed by atoms with Crippen LogP contribution in [0.4, 0.5) is 23.1 Å². The summed E-state index contributed by atoms with van der Waals surface area (Å²) in [5.74, 6) is 1.47. The monoisotopic (exact) mass is 501 g/mol. The second-order valence-electron chi connectivity index (χ2n) is 7.48. The van der Waals surface area contributed by atoms with E-state index in [9.17, 15) is 8.42 Å². The number of hydrogen-bond donors (Lipinski definition) is 2. The highest BCUT2D eigenvalue weighted by Gasteiger charge is 2.17. The Balaban J connectivity index is 1.48. The number of aryl methyl sites for hydroxylation is 1. The van der Waals surface area contributed by atoms with Gasteiger partial charge in [-0.25, -0.2) is 13.4 Å². The number of hydrogen-bond acceptors (Lipinski definition) is 6. The molecule has 162 valence electrons. The molecule has 1 aliphatic heterocycles. The van der Waals surface area contributed by atoms with Gasteiger partial charge in [0.1, 0.15) is 10.7 Å². The molecule has 1 fully saturated rings. The smallest absolute Gasteiger partial charge is 0.263 e. The summed E-state index contributed by atoms with van der Waals surface area (Å²) in [6, 6.07) is 15.7. The Kier molecular flexibility index (Phi) is 6.43. The van der Waals surface area contributed by atoms with E-state index < -0.39 is 10.0 Å². The Hall–Kier alpha value is -2.65. The molecule has 2 aromatic carbocycles. The predicted octanol–water partition coefficient (Wildman–Crippen LogP) is 5.08. The summed E-state index contributed by atoms with van der Waals surface area (Å²) in [6.45, 7) is 3.92. The van der Waals surface area contributed by atoms with Crippen LogP contribution >= 0.6 is 15.9 Å². The van der Waals surface area contributed by atoms with Crippen LogP contribution in [0.15, 0.2) is 64.0 Å². The number of nitrogens with zero attached hydrogens (tertiary/aromatic N) is 3. The Bertz CT molecular complexity index is 1160. The van der Waals surface area contributed by atoms with Gasteiger partial charge in [-0.1, -0.05) is 12.1 Å². The average molecular weight is 502 g/mol. The first kappa shape index (κ1) is 21.6. The molecular formula is C22H24BrN5O2S. The Morgan fingerprint density at radius 2 is 1.61 bits per heavy atom. The normalized spacial score (nSPS) is 14.3. The fourth-order valence-corrected chi connectivity index (χ4v) is 5.56. The molecule has 9 heteroatoms. The van der Waals surface area contributed by atoms with Crippen molar-refractivity contribution in [2.24, 2.45) is 0 Å². The first-order valence-electron chi connectivity index (χ1n) is 10.2. The van der Waals surface area contributed by atoms with Gasteiger partial charge < -0.3 is 10.2 Å². The molecule has 3 aromatic rings. The van der Waals surface area contributed by atoms with Gasteiger partial charge >= 0.3 is 0 Å². The number of anilines is 4. The maximum atomic E-state index is 12.6. The minimum atomic E-state index is -3.68. The highest BCUT2D eigenvalue weighted by atomic mass is 79.9. The molecule has 0 aliphatic carbocycles. The van der Waals surface area contributed by atoms with Crippen molar-refractivity contribution in [3.63, 3.8) is 0 Å². The van der Waals surface area contributed by atoms with Crippen LogP contribution in [0.1, 0.15) is 25.0 Å². The molecular weight excluding hydrogens is 478 g/mol. The second-order valence-corrected chi connectivity index (χ2v) is 9.99. The van der Waals surface area contributed by atoms with Gasteiger partial charge in [0.25, 0.3) is 10.0 Å². The minimum Gasteiger partial charge on any atom is -0.341 e. The van der Waals surface area contributed by atoms with Crippen LogP contribution in [-0.2, 0) is 10.0 Å². The topological polar surface area (TPSA) is 87.2 Å². The standard InChI is InChI=1S/C22H24BrN5O2S/c1-16-15-21(26-22(24-16)28-13-5-2-6-14-28)25-17-9-11-18(12-10-17)27-31(29,30)20-8-4-3-7-19(20)23/h3-4,7-12,15,27H,2,5-6,13-14H2,1H3,(H,24,25,26). The molecule has 1 aliphatic rings. The van der Waals surface area contributed by atoms with E-state index in [1.54, 1.807) is 36.4 Å². The molecule has 2 heterocycles. The van der Waals surface area contributed by atoms with Crippen LogP contribution in [0, 0.1) is 6.92 Å². The Labute approximate surface area is 191 Å². The van der Waals surface area contributed by atoms with Crippen molar-refractivity contribution in [3.8, 4) is 0 Å². The van der Waals surface area contributed by atoms with E-state index in [2.05, 4.69) is 40.8 Å². The van der Waals surface area contributed by atoms with E-state index in [0.717, 1.165) is 49.1 Å². The summed E-state index contributed by atoms with van der Waals surface area (Å²) in [5.41, 5.74) is 2.19. The van der Waals surface area contributed by atoms with Crippen molar-refractivity contribution in [1.29, 1.82) is 0 Å². The average Bonchev–Trinajstić information content (AvgIpc) is 2.75. The molecule has 7 nitrogen and oxygen atoms in total. The van der Waals surface area contributed by atoms with Crippen LogP contribution in [0.5, 0.6) is 0 Å². The zero-order valence-electron chi connectivity index (χ0n) is 17.2. The van der Waals surface area contributed by atoms with E-state index >= 15 is 0 Å². The fourth-order valence-electron chi connectivity index (χ4n) is 3.49. The summed E-state index contributed by atoms with van der Waals surface area (Å²) < 4.78 is 28.4. The zero-order chi connectivity index (χ0) is 21.8. The lowest BCUT2D eigenvalue weighted by Gasteiger charge is -2.27. The third-order valence-electron chi connectivity index (χ3n) is 5.02. The van der Waals surface area contributed by atoms with Crippen molar-refractivity contribution < 1.29 is 8.42 Å². The molecule has 0 amide bonds. The Morgan fingerprint density at radius 1 is 0.935 bits per heavy atom. The molecule has 2 N–H and O–H groups in total. The van der Waals surface area contributed by atoms with E-state index in [4.69, 9.17) is 0 Å². The van der Waals surface area contributed by atoms with Gasteiger partial charge in [0.05, 0.1) is 0 Å². The summed E-state index contributed by atoms with van der Waals surface area (Å²) in [4.78, 5) is 11.7. The van der Waals surface area contributed by atoms with E-state index in [0.29, 0.717) is 10.2 Å². The summed E-state index contributed by atoms with van der Waals surface area (Å²) in [5, 5.41) is 3.29. The van der Waals surface area contributed by atoms with E-state index in [-0.39, 0.29) is 4.90 Å². The van der Waals surface area contributed by atoms with Crippen molar-refractivity contribution >= 4 is 49.1 Å². The van der Waals surface area contributed by atoms with Crippen LogP contribution in [0.25, 0.3) is 0 Å². The van der Waals surface area contributed by atoms with Crippen molar-refractivity contribution in [3.05, 3.63) is 64.8 Å². The SMILES string of the molecule is Cc1cc(Nc2ccc(NS(=O)(=O)c3ccccc3Br)cc2)nc(N2CCCCC2)n1. The summed E-state index contributed by atoms with van der Waals surface area (Å²) in [6.07, 6.45) is 3.58. The number of aromatic nitrogens is 2. The van der Waals surface area contributed by atoms with Gasteiger partial charge in [-0.15, -0.1) is 0 Å². The van der Waals surface area contributed by atoms with Crippen LogP contribution in [0.2, 0.25) is 0 Å². The highest BCUT2D eigenvalue weighted by Crippen LogP contribution is 2.25. The lowest BCUT2D eigenvalue weighted by atomic mass is 10.1. The number of benzene rings is 2. The molecule has 1 aromatic heterocycles. The molecule has 31 heavy (non-hydrogen) atoms. The summed E-state index contributed by atoms with van der Waals surface area (Å²) >= 11 is 3.29. The lowest BCUT2D eigenvalue weighted by Crippen LogP contribution is -2.31.